The Balaban J connectivity index is 1.80. The van der Waals surface area contributed by atoms with Crippen molar-refractivity contribution in [2.75, 3.05) is 10.8 Å². The van der Waals surface area contributed by atoms with Crippen LogP contribution in [0.3, 0.4) is 0 Å². The van der Waals surface area contributed by atoms with E-state index in [1.54, 1.807) is 30.3 Å². The topological polar surface area (TPSA) is 148 Å². The first kappa shape index (κ1) is 25.1. The predicted molar refractivity (Wildman–Crippen MR) is 128 cm³/mol. The summed E-state index contributed by atoms with van der Waals surface area (Å²) in [4.78, 5) is 34.0. The number of hydrazone groups is 1. The molecular formula is C23H20N4O7S. The second-order valence-electron chi connectivity index (χ2n) is 7.06. The van der Waals surface area contributed by atoms with Gasteiger partial charge in [-0.2, -0.15) is 5.10 Å². The van der Waals surface area contributed by atoms with Gasteiger partial charge in [-0.3, -0.25) is 24.0 Å². The number of carbonyl (C=O) groups is 2. The molecule has 11 nitrogen and oxygen atoms in total. The maximum Gasteiger partial charge on any atom is 0.308 e. The van der Waals surface area contributed by atoms with Crippen LogP contribution in [0.1, 0.15) is 12.5 Å². The van der Waals surface area contributed by atoms with Crippen LogP contribution < -0.4 is 14.5 Å². The highest BCUT2D eigenvalue weighted by molar-refractivity contribution is 7.92. The molecule has 180 valence electrons. The summed E-state index contributed by atoms with van der Waals surface area (Å²) in [5.41, 5.74) is 2.44. The normalized spacial score (nSPS) is 11.1. The molecule has 0 saturated heterocycles. The molecule has 3 rings (SSSR count). The number of non-ortho nitro benzene ring substituents is 1. The lowest BCUT2D eigenvalue weighted by Crippen LogP contribution is -2.39. The highest BCUT2D eigenvalue weighted by Crippen LogP contribution is 2.26. The van der Waals surface area contributed by atoms with Crippen LogP contribution in [0.15, 0.2) is 88.9 Å². The molecule has 0 bridgehead atoms. The smallest absolute Gasteiger partial charge is 0.308 e. The van der Waals surface area contributed by atoms with Gasteiger partial charge in [0.1, 0.15) is 12.3 Å². The molecule has 0 saturated carbocycles. The zero-order chi connectivity index (χ0) is 25.4. The van der Waals surface area contributed by atoms with Crippen molar-refractivity contribution in [3.05, 3.63) is 94.5 Å². The van der Waals surface area contributed by atoms with Crippen LogP contribution in [0.4, 0.5) is 11.4 Å². The second-order valence-corrected chi connectivity index (χ2v) is 8.92. The molecule has 3 aromatic rings. The summed E-state index contributed by atoms with van der Waals surface area (Å²) >= 11 is 0. The number of benzene rings is 3. The summed E-state index contributed by atoms with van der Waals surface area (Å²) in [6.45, 7) is 0.598. The molecule has 0 aliphatic rings. The number of amides is 1. The lowest BCUT2D eigenvalue weighted by molar-refractivity contribution is -0.384. The number of sulfonamides is 1. The summed E-state index contributed by atoms with van der Waals surface area (Å²) in [6, 6.07) is 18.7. The Kier molecular flexibility index (Phi) is 7.89. The maximum absolute atomic E-state index is 13.3. The molecule has 0 aromatic heterocycles. The zero-order valence-electron chi connectivity index (χ0n) is 18.4. The summed E-state index contributed by atoms with van der Waals surface area (Å²) in [5, 5.41) is 15.0. The van der Waals surface area contributed by atoms with Gasteiger partial charge in [0.15, 0.2) is 0 Å². The van der Waals surface area contributed by atoms with Crippen LogP contribution in [-0.2, 0) is 19.6 Å². The number of anilines is 1. The van der Waals surface area contributed by atoms with E-state index in [4.69, 9.17) is 4.74 Å². The Labute approximate surface area is 200 Å². The fourth-order valence-electron chi connectivity index (χ4n) is 2.93. The fourth-order valence-corrected chi connectivity index (χ4v) is 4.36. The lowest BCUT2D eigenvalue weighted by Gasteiger charge is -2.23. The van der Waals surface area contributed by atoms with Gasteiger partial charge in [-0.1, -0.05) is 24.3 Å². The minimum absolute atomic E-state index is 0.0526. The number of carbonyl (C=O) groups excluding carboxylic acids is 2. The molecule has 0 aliphatic carbocycles. The van der Waals surface area contributed by atoms with Crippen molar-refractivity contribution < 1.29 is 27.7 Å². The van der Waals surface area contributed by atoms with Gasteiger partial charge in [-0.25, -0.2) is 13.8 Å². The van der Waals surface area contributed by atoms with Crippen molar-refractivity contribution in [1.29, 1.82) is 0 Å². The highest BCUT2D eigenvalue weighted by atomic mass is 32.2. The number of ether oxygens (including phenoxy) is 1. The molecule has 0 radical (unpaired) electrons. The van der Waals surface area contributed by atoms with Crippen molar-refractivity contribution in [3.63, 3.8) is 0 Å². The predicted octanol–water partition coefficient (Wildman–Crippen LogP) is 2.87. The molecular weight excluding hydrogens is 476 g/mol. The van der Waals surface area contributed by atoms with E-state index in [0.717, 1.165) is 10.4 Å². The average Bonchev–Trinajstić information content (AvgIpc) is 2.84. The van der Waals surface area contributed by atoms with E-state index in [-0.39, 0.29) is 16.3 Å². The van der Waals surface area contributed by atoms with E-state index in [0.29, 0.717) is 11.3 Å². The van der Waals surface area contributed by atoms with Gasteiger partial charge in [-0.15, -0.1) is 0 Å². The summed E-state index contributed by atoms with van der Waals surface area (Å²) in [6.07, 6.45) is 1.32. The molecule has 0 unspecified atom stereocenters. The number of hydrogen-bond acceptors (Lipinski definition) is 8. The number of hydrogen-bond donors (Lipinski definition) is 1. The third-order valence-corrected chi connectivity index (χ3v) is 6.28. The number of esters is 1. The number of nitro benzene ring substituents is 1. The minimum atomic E-state index is -4.23. The van der Waals surface area contributed by atoms with E-state index < -0.39 is 33.4 Å². The summed E-state index contributed by atoms with van der Waals surface area (Å²) in [7, 11) is -4.23. The molecule has 0 atom stereocenters. The molecule has 35 heavy (non-hydrogen) atoms. The Morgan fingerprint density at radius 3 is 2.37 bits per heavy atom. The average molecular weight is 497 g/mol. The van der Waals surface area contributed by atoms with E-state index in [9.17, 15) is 28.1 Å². The highest BCUT2D eigenvalue weighted by Gasteiger charge is 2.28. The van der Waals surface area contributed by atoms with Gasteiger partial charge in [0.2, 0.25) is 0 Å². The maximum atomic E-state index is 13.3. The van der Waals surface area contributed by atoms with Crippen LogP contribution in [0.25, 0.3) is 0 Å². The Morgan fingerprint density at radius 2 is 1.74 bits per heavy atom. The van der Waals surface area contributed by atoms with Crippen molar-refractivity contribution >= 4 is 39.5 Å². The van der Waals surface area contributed by atoms with Crippen LogP contribution in [0.2, 0.25) is 0 Å². The summed E-state index contributed by atoms with van der Waals surface area (Å²) in [5.74, 6) is -0.890. The first-order valence-corrected chi connectivity index (χ1v) is 11.5. The quantitative estimate of drug-likeness (QED) is 0.157. The van der Waals surface area contributed by atoms with Crippen LogP contribution in [-0.4, -0.2) is 38.0 Å². The van der Waals surface area contributed by atoms with E-state index in [1.165, 1.54) is 55.6 Å². The Hall–Kier alpha value is -4.58. The van der Waals surface area contributed by atoms with Crippen LogP contribution >= 0.6 is 0 Å². The number of rotatable bonds is 9. The van der Waals surface area contributed by atoms with Gasteiger partial charge < -0.3 is 4.74 Å². The SMILES string of the molecule is CC(=O)Oc1ccc(/C=N\NC(=O)CN(c2cccc([N+](=O)[O-])c2)S(=O)(=O)c2ccccc2)cc1. The molecule has 3 aromatic carbocycles. The standard InChI is InChI=1S/C23H20N4O7S/c1-17(28)34-21-12-10-18(11-13-21)15-24-25-23(29)16-26(19-6-5-7-20(14-19)27(30)31)35(32,33)22-8-3-2-4-9-22/h2-15H,16H2,1H3,(H,25,29)/b24-15-. The number of nitro groups is 1. The van der Waals surface area contributed by atoms with Gasteiger partial charge in [-0.05, 0) is 48.0 Å². The third-order valence-electron chi connectivity index (χ3n) is 4.49. The van der Waals surface area contributed by atoms with Gasteiger partial charge in [0.05, 0.1) is 21.7 Å². The lowest BCUT2D eigenvalue weighted by atomic mass is 10.2. The first-order chi connectivity index (χ1) is 16.7. The number of nitrogens with zero attached hydrogens (tertiary/aromatic N) is 3. The van der Waals surface area contributed by atoms with Gasteiger partial charge in [0.25, 0.3) is 21.6 Å². The Morgan fingerprint density at radius 1 is 1.06 bits per heavy atom. The molecule has 1 N–H and O–H groups in total. The zero-order valence-corrected chi connectivity index (χ0v) is 19.2. The van der Waals surface area contributed by atoms with Crippen molar-refractivity contribution in [3.8, 4) is 5.75 Å². The van der Waals surface area contributed by atoms with E-state index in [2.05, 4.69) is 10.5 Å². The van der Waals surface area contributed by atoms with E-state index >= 15 is 0 Å². The van der Waals surface area contributed by atoms with Crippen LogP contribution in [0, 0.1) is 10.1 Å². The minimum Gasteiger partial charge on any atom is -0.427 e. The number of nitrogens with one attached hydrogen (secondary N) is 1. The van der Waals surface area contributed by atoms with Gasteiger partial charge in [0, 0.05) is 19.1 Å². The summed E-state index contributed by atoms with van der Waals surface area (Å²) < 4.78 is 32.2. The monoisotopic (exact) mass is 496 g/mol. The van der Waals surface area contributed by atoms with Gasteiger partial charge >= 0.3 is 5.97 Å². The largest absolute Gasteiger partial charge is 0.427 e. The van der Waals surface area contributed by atoms with E-state index in [1.807, 2.05) is 0 Å². The first-order valence-electron chi connectivity index (χ1n) is 10.1. The van der Waals surface area contributed by atoms with Crippen molar-refractivity contribution in [2.45, 2.75) is 11.8 Å². The Bertz CT molecular complexity index is 1360. The molecule has 0 aliphatic heterocycles. The fraction of sp³-hybridized carbons (Fsp3) is 0.0870. The van der Waals surface area contributed by atoms with Crippen molar-refractivity contribution in [2.24, 2.45) is 5.10 Å². The molecule has 0 heterocycles. The third kappa shape index (κ3) is 6.71. The second kappa shape index (κ2) is 11.0. The van der Waals surface area contributed by atoms with Crippen molar-refractivity contribution in [1.82, 2.24) is 5.43 Å². The van der Waals surface area contributed by atoms with Crippen LogP contribution in [0.5, 0.6) is 5.75 Å². The molecule has 1 amide bonds. The molecule has 0 fully saturated rings. The molecule has 12 heteroatoms. The molecule has 0 spiro atoms.